The molecule has 0 saturated heterocycles. The van der Waals surface area contributed by atoms with E-state index in [1.807, 2.05) is 6.20 Å². The van der Waals surface area contributed by atoms with Gasteiger partial charge in [-0.3, -0.25) is 4.40 Å². The van der Waals surface area contributed by atoms with Gasteiger partial charge < -0.3 is 14.3 Å². The number of methoxy groups -OCH3 is 2. The zero-order chi connectivity index (χ0) is 20.4. The fourth-order valence-electron chi connectivity index (χ4n) is 1.37. The smallest absolute Gasteiger partial charge is 0.386 e. The van der Waals surface area contributed by atoms with E-state index in [2.05, 4.69) is 72.1 Å². The third-order valence-corrected chi connectivity index (χ3v) is 5.99. The molecule has 0 saturated carbocycles. The summed E-state index contributed by atoms with van der Waals surface area (Å²) in [5.41, 5.74) is 0.359. The Morgan fingerprint density at radius 2 is 1.89 bits per heavy atom. The van der Waals surface area contributed by atoms with Crippen molar-refractivity contribution in [3.8, 4) is 0 Å². The number of nitrogens with zero attached hydrogens (tertiary/aromatic N) is 4. The Kier molecular flexibility index (Phi) is 10.7. The Morgan fingerprint density at radius 3 is 2.30 bits per heavy atom. The number of fused-ring (bicyclic) bond motifs is 1. The summed E-state index contributed by atoms with van der Waals surface area (Å²) in [6.45, 7) is 5.99. The third-order valence-electron chi connectivity index (χ3n) is 2.45. The first-order chi connectivity index (χ1) is 12.8. The van der Waals surface area contributed by atoms with Gasteiger partial charge in [-0.25, -0.2) is 26.1 Å². The highest BCUT2D eigenvalue weighted by Gasteiger charge is 2.15. The van der Waals surface area contributed by atoms with E-state index in [1.165, 1.54) is 25.6 Å². The molecule has 3 rings (SSSR count). The van der Waals surface area contributed by atoms with Crippen LogP contribution >= 0.6 is 70.5 Å². The first-order valence-corrected chi connectivity index (χ1v) is 10.7. The molecule has 0 unspecified atom stereocenters. The Morgan fingerprint density at radius 1 is 1.19 bits per heavy atom. The molecule has 0 aliphatic rings. The zero-order valence-corrected chi connectivity index (χ0v) is 20.2. The van der Waals surface area contributed by atoms with Gasteiger partial charge in [0.1, 0.15) is 11.2 Å². The van der Waals surface area contributed by atoms with Crippen molar-refractivity contribution in [2.45, 2.75) is 0 Å². The van der Waals surface area contributed by atoms with Crippen LogP contribution in [0.4, 0.5) is 0 Å². The van der Waals surface area contributed by atoms with E-state index in [9.17, 15) is 9.59 Å². The number of esters is 2. The molecule has 0 aromatic carbocycles. The summed E-state index contributed by atoms with van der Waals surface area (Å²) >= 11 is 12.8. The maximum absolute atomic E-state index is 11.2. The van der Waals surface area contributed by atoms with Gasteiger partial charge in [-0.15, -0.1) is 22.7 Å². The highest BCUT2D eigenvalue weighted by atomic mass is 79.9. The summed E-state index contributed by atoms with van der Waals surface area (Å²) in [4.78, 5) is 32.6. The minimum Gasteiger partial charge on any atom is -0.464 e. The molecule has 0 aliphatic carbocycles. The Bertz CT molecular complexity index is 931. The monoisotopic (exact) mass is 600 g/mol. The van der Waals surface area contributed by atoms with Gasteiger partial charge in [0.2, 0.25) is 0 Å². The van der Waals surface area contributed by atoms with Crippen LogP contribution in [-0.2, 0) is 14.3 Å². The molecule has 13 heteroatoms. The summed E-state index contributed by atoms with van der Waals surface area (Å²) in [7, 11) is 2.60. The van der Waals surface area contributed by atoms with Crippen LogP contribution < -0.4 is 0 Å². The van der Waals surface area contributed by atoms with Crippen molar-refractivity contribution < 1.29 is 19.1 Å². The molecule has 0 bridgehead atoms. The van der Waals surface area contributed by atoms with Crippen LogP contribution in [0.2, 0.25) is 0 Å². The highest BCUT2D eigenvalue weighted by Crippen LogP contribution is 2.25. The number of ether oxygens (including phenoxy) is 2. The number of thiazole rings is 2. The average molecular weight is 603 g/mol. The summed E-state index contributed by atoms with van der Waals surface area (Å²) < 4.78 is 13.4. The van der Waals surface area contributed by atoms with Crippen molar-refractivity contribution in [2.24, 2.45) is 0 Å². The number of rotatable bonds is 2. The van der Waals surface area contributed by atoms with Crippen LogP contribution in [0.1, 0.15) is 10.5 Å². The number of carbonyl (C=O) groups excluding carboxylic acids is 2. The van der Waals surface area contributed by atoms with Gasteiger partial charge >= 0.3 is 18.5 Å². The molecule has 0 amide bonds. The van der Waals surface area contributed by atoms with Crippen LogP contribution in [0.3, 0.4) is 0 Å². The average Bonchev–Trinajstić information content (AvgIpc) is 3.31. The number of aromatic nitrogens is 3. The number of carbonyl (C=O) groups is 2. The molecular formula is C14H11Br3N4O4S2. The van der Waals surface area contributed by atoms with Crippen LogP contribution in [0.25, 0.3) is 9.68 Å². The zero-order valence-electron chi connectivity index (χ0n) is 13.8. The lowest BCUT2D eigenvalue weighted by Gasteiger charge is -1.91. The predicted octanol–water partition coefficient (Wildman–Crippen LogP) is 4.69. The topological polar surface area (TPSA) is 87.1 Å². The van der Waals surface area contributed by atoms with Gasteiger partial charge in [-0.2, -0.15) is 0 Å². The lowest BCUT2D eigenvalue weighted by atomic mass is 10.5. The molecule has 27 heavy (non-hydrogen) atoms. The van der Waals surface area contributed by atoms with Crippen molar-refractivity contribution in [3.63, 3.8) is 0 Å². The first-order valence-electron chi connectivity index (χ1n) is 6.69. The van der Waals surface area contributed by atoms with Crippen molar-refractivity contribution in [3.05, 3.63) is 47.3 Å². The molecule has 144 valence electrons. The van der Waals surface area contributed by atoms with E-state index in [4.69, 9.17) is 6.57 Å². The first kappa shape index (κ1) is 23.7. The minimum absolute atomic E-state index is 0.170. The molecule has 3 heterocycles. The molecule has 0 N–H and O–H groups in total. The fraction of sp³-hybridized carbons (Fsp3) is 0.214. The Labute approximate surface area is 187 Å². The van der Waals surface area contributed by atoms with E-state index in [1.54, 1.807) is 28.3 Å². The van der Waals surface area contributed by atoms with Crippen molar-refractivity contribution in [1.29, 1.82) is 0 Å². The van der Waals surface area contributed by atoms with E-state index in [-0.39, 0.29) is 6.54 Å². The van der Waals surface area contributed by atoms with Gasteiger partial charge in [-0.05, 0) is 47.8 Å². The predicted molar refractivity (Wildman–Crippen MR) is 113 cm³/mol. The molecule has 0 aliphatic heterocycles. The second-order valence-corrected chi connectivity index (χ2v) is 10.2. The van der Waals surface area contributed by atoms with Crippen LogP contribution in [-0.4, -0.2) is 47.1 Å². The molecular weight excluding hydrogens is 592 g/mol. The van der Waals surface area contributed by atoms with Crippen molar-refractivity contribution in [1.82, 2.24) is 14.4 Å². The Balaban J connectivity index is 0.000000223. The molecule has 3 aromatic heterocycles. The molecule has 0 atom stereocenters. The molecule has 3 aromatic rings. The summed E-state index contributed by atoms with van der Waals surface area (Å²) in [6, 6.07) is 0. The molecule has 0 spiro atoms. The van der Waals surface area contributed by atoms with Gasteiger partial charge in [0, 0.05) is 6.20 Å². The van der Waals surface area contributed by atoms with Crippen LogP contribution in [0, 0.1) is 6.57 Å². The number of hydrogen-bond donors (Lipinski definition) is 0. The molecule has 0 radical (unpaired) electrons. The standard InChI is InChI=1S/C7H5BrN2O2S.C4H5NO2.C3HBr2NS/c1-12-7(11)5-6-10(3-9-5)2-4(8)13-6;1-5-3-4(6)7-2;4-2-1-6-3(5)7-2/h2-3H,1H3;3H2,2H3;1H. The largest absolute Gasteiger partial charge is 0.464 e. The maximum Gasteiger partial charge on any atom is 0.386 e. The van der Waals surface area contributed by atoms with E-state index >= 15 is 0 Å². The normalized spacial score (nSPS) is 9.33. The van der Waals surface area contributed by atoms with Gasteiger partial charge in [0.05, 0.1) is 28.0 Å². The second kappa shape index (κ2) is 12.2. The summed E-state index contributed by atoms with van der Waals surface area (Å²) in [5, 5.41) is 0. The van der Waals surface area contributed by atoms with E-state index in [0.29, 0.717) is 5.69 Å². The summed E-state index contributed by atoms with van der Waals surface area (Å²) in [5.74, 6) is -0.883. The van der Waals surface area contributed by atoms with Crippen LogP contribution in [0.15, 0.2) is 30.2 Å². The summed E-state index contributed by atoms with van der Waals surface area (Å²) in [6.07, 6.45) is 5.19. The van der Waals surface area contributed by atoms with E-state index in [0.717, 1.165) is 16.3 Å². The lowest BCUT2D eigenvalue weighted by molar-refractivity contribution is -0.138. The quantitative estimate of drug-likeness (QED) is 0.312. The highest BCUT2D eigenvalue weighted by molar-refractivity contribution is 9.12. The molecule has 0 fully saturated rings. The van der Waals surface area contributed by atoms with Gasteiger partial charge in [0.15, 0.2) is 9.61 Å². The maximum atomic E-state index is 11.2. The lowest BCUT2D eigenvalue weighted by Crippen LogP contribution is -2.01. The van der Waals surface area contributed by atoms with Gasteiger partial charge in [0.25, 0.3) is 0 Å². The SMILES string of the molecule is Brc1cnc(Br)s1.COC(=O)c1ncn2cc(Br)sc12.[C-]#[N+]CC(=O)OC. The third kappa shape index (κ3) is 8.06. The number of hydrogen-bond acceptors (Lipinski definition) is 8. The molecule has 8 nitrogen and oxygen atoms in total. The minimum atomic E-state index is -0.477. The number of halogens is 3. The van der Waals surface area contributed by atoms with Crippen LogP contribution in [0.5, 0.6) is 0 Å². The van der Waals surface area contributed by atoms with E-state index < -0.39 is 11.9 Å². The number of imidazole rings is 1. The Hall–Kier alpha value is -1.33. The fourth-order valence-corrected chi connectivity index (χ4v) is 5.05. The van der Waals surface area contributed by atoms with Crippen molar-refractivity contribution >= 4 is 87.2 Å². The van der Waals surface area contributed by atoms with Crippen molar-refractivity contribution in [2.75, 3.05) is 20.8 Å². The van der Waals surface area contributed by atoms with Gasteiger partial charge in [-0.1, -0.05) is 0 Å². The second-order valence-electron chi connectivity index (χ2n) is 4.14.